The molecule has 0 aliphatic carbocycles. The van der Waals surface area contributed by atoms with Gasteiger partial charge in [-0.25, -0.2) is 4.98 Å². The van der Waals surface area contributed by atoms with Crippen LogP contribution < -0.4 is 0 Å². The van der Waals surface area contributed by atoms with E-state index in [1.165, 1.54) is 5.56 Å². The second-order valence-electron chi connectivity index (χ2n) is 4.04. The van der Waals surface area contributed by atoms with Crippen LogP contribution in [-0.4, -0.2) is 10.9 Å². The van der Waals surface area contributed by atoms with Crippen molar-refractivity contribution in [3.63, 3.8) is 0 Å². The monoisotopic (exact) mass is 285 g/mol. The fourth-order valence-electron chi connectivity index (χ4n) is 1.81. The topological polar surface area (TPSA) is 12.9 Å². The molecule has 2 rings (SSSR count). The maximum Gasteiger partial charge on any atom is 0.0794 e. The van der Waals surface area contributed by atoms with Crippen LogP contribution in [0.5, 0.6) is 0 Å². The maximum atomic E-state index is 6.02. The average Bonchev–Trinajstić information content (AvgIpc) is 2.81. The van der Waals surface area contributed by atoms with Gasteiger partial charge in [-0.15, -0.1) is 22.9 Å². The summed E-state index contributed by atoms with van der Waals surface area (Å²) < 4.78 is 0. The van der Waals surface area contributed by atoms with E-state index in [0.29, 0.717) is 11.8 Å². The number of hydrogen-bond acceptors (Lipinski definition) is 2. The smallest absolute Gasteiger partial charge is 0.0794 e. The van der Waals surface area contributed by atoms with Crippen LogP contribution in [0.1, 0.15) is 11.3 Å². The zero-order valence-corrected chi connectivity index (χ0v) is 11.6. The third kappa shape index (κ3) is 3.98. The molecule has 0 saturated heterocycles. The van der Waals surface area contributed by atoms with Crippen molar-refractivity contribution in [2.24, 2.45) is 5.92 Å². The van der Waals surface area contributed by atoms with Crippen LogP contribution in [0, 0.1) is 5.92 Å². The van der Waals surface area contributed by atoms with Crippen molar-refractivity contribution < 1.29 is 0 Å². The van der Waals surface area contributed by atoms with E-state index in [1.807, 2.05) is 23.7 Å². The lowest BCUT2D eigenvalue weighted by atomic mass is 9.97. The molecule has 0 radical (unpaired) electrons. The van der Waals surface area contributed by atoms with Gasteiger partial charge in [0.15, 0.2) is 0 Å². The summed E-state index contributed by atoms with van der Waals surface area (Å²) in [4.78, 5) is 4.30. The lowest BCUT2D eigenvalue weighted by molar-refractivity contribution is 0.577. The number of rotatable bonds is 5. The summed E-state index contributed by atoms with van der Waals surface area (Å²) in [6.45, 7) is 0. The van der Waals surface area contributed by atoms with Crippen molar-refractivity contribution in [1.82, 2.24) is 4.98 Å². The number of aromatic nitrogens is 1. The summed E-state index contributed by atoms with van der Waals surface area (Å²) in [7, 11) is 0. The Labute approximate surface area is 115 Å². The first-order valence-corrected chi connectivity index (χ1v) is 7.31. The first-order valence-electron chi connectivity index (χ1n) is 5.45. The SMILES string of the molecule is ClCC(Cc1cccc(Cl)c1)Cc1cscn1. The second-order valence-corrected chi connectivity index (χ2v) is 5.50. The van der Waals surface area contributed by atoms with Crippen molar-refractivity contribution in [2.45, 2.75) is 12.8 Å². The van der Waals surface area contributed by atoms with E-state index in [1.54, 1.807) is 11.3 Å². The zero-order chi connectivity index (χ0) is 12.1. The molecular weight excluding hydrogens is 273 g/mol. The van der Waals surface area contributed by atoms with Crippen molar-refractivity contribution >= 4 is 34.5 Å². The van der Waals surface area contributed by atoms with Crippen LogP contribution in [0.3, 0.4) is 0 Å². The van der Waals surface area contributed by atoms with E-state index < -0.39 is 0 Å². The summed E-state index contributed by atoms with van der Waals surface area (Å²) in [6.07, 6.45) is 1.88. The molecule has 4 heteroatoms. The Bertz CT molecular complexity index is 456. The molecule has 1 aromatic carbocycles. The first-order chi connectivity index (χ1) is 8.28. The minimum absolute atomic E-state index is 0.414. The highest BCUT2D eigenvalue weighted by Gasteiger charge is 2.11. The Kier molecular flexibility index (Phi) is 4.84. The fraction of sp³-hybridized carbons (Fsp3) is 0.308. The molecule has 0 fully saturated rings. The van der Waals surface area contributed by atoms with E-state index >= 15 is 0 Å². The molecule has 0 amide bonds. The quantitative estimate of drug-likeness (QED) is 0.741. The third-order valence-corrected chi connectivity index (χ3v) is 3.92. The minimum atomic E-state index is 0.414. The number of halogens is 2. The van der Waals surface area contributed by atoms with Crippen LogP contribution in [0.4, 0.5) is 0 Å². The molecule has 0 aliphatic rings. The highest BCUT2D eigenvalue weighted by atomic mass is 35.5. The molecule has 1 atom stereocenters. The predicted molar refractivity (Wildman–Crippen MR) is 75.2 cm³/mol. The largest absolute Gasteiger partial charge is 0.250 e. The summed E-state index contributed by atoms with van der Waals surface area (Å²) in [5, 5.41) is 2.86. The van der Waals surface area contributed by atoms with Crippen LogP contribution in [-0.2, 0) is 12.8 Å². The van der Waals surface area contributed by atoms with Gasteiger partial charge in [0.2, 0.25) is 0 Å². The number of nitrogens with zero attached hydrogens (tertiary/aromatic N) is 1. The summed E-state index contributed by atoms with van der Waals surface area (Å²) >= 11 is 13.6. The molecule has 0 spiro atoms. The Morgan fingerprint density at radius 3 is 2.82 bits per heavy atom. The van der Waals surface area contributed by atoms with Crippen molar-refractivity contribution in [1.29, 1.82) is 0 Å². The molecule has 1 nitrogen and oxygen atoms in total. The first kappa shape index (κ1) is 12.9. The van der Waals surface area contributed by atoms with Crippen LogP contribution in [0.2, 0.25) is 5.02 Å². The molecule has 1 unspecified atom stereocenters. The van der Waals surface area contributed by atoms with Crippen molar-refractivity contribution in [2.75, 3.05) is 5.88 Å². The van der Waals surface area contributed by atoms with Gasteiger partial charge in [0.1, 0.15) is 0 Å². The van der Waals surface area contributed by atoms with Gasteiger partial charge < -0.3 is 0 Å². The number of benzene rings is 1. The van der Waals surface area contributed by atoms with Crippen molar-refractivity contribution in [3.05, 3.63) is 51.4 Å². The van der Waals surface area contributed by atoms with Gasteiger partial charge in [0.25, 0.3) is 0 Å². The summed E-state index contributed by atoms with van der Waals surface area (Å²) in [6, 6.07) is 7.96. The highest BCUT2D eigenvalue weighted by Crippen LogP contribution is 2.18. The predicted octanol–water partition coefficient (Wildman–Crippen LogP) is 4.44. The number of thiazole rings is 1. The molecule has 90 valence electrons. The standard InChI is InChI=1S/C13H13Cl2NS/c14-7-11(6-13-8-17-9-16-13)4-10-2-1-3-12(15)5-10/h1-3,5,8-9,11H,4,6-7H2. The van der Waals surface area contributed by atoms with E-state index in [-0.39, 0.29) is 0 Å². The molecule has 0 saturated carbocycles. The van der Waals surface area contributed by atoms with Gasteiger partial charge in [-0.2, -0.15) is 0 Å². The molecule has 1 aromatic heterocycles. The van der Waals surface area contributed by atoms with Gasteiger partial charge >= 0.3 is 0 Å². The second kappa shape index (κ2) is 6.39. The van der Waals surface area contributed by atoms with Gasteiger partial charge in [-0.1, -0.05) is 23.7 Å². The number of alkyl halides is 1. The van der Waals surface area contributed by atoms with E-state index in [9.17, 15) is 0 Å². The highest BCUT2D eigenvalue weighted by molar-refractivity contribution is 7.07. The molecular formula is C13H13Cl2NS. The Morgan fingerprint density at radius 2 is 2.18 bits per heavy atom. The third-order valence-electron chi connectivity index (χ3n) is 2.61. The fourth-order valence-corrected chi connectivity index (χ4v) is 2.82. The molecule has 0 aliphatic heterocycles. The van der Waals surface area contributed by atoms with E-state index in [2.05, 4.69) is 16.4 Å². The van der Waals surface area contributed by atoms with Gasteiger partial charge in [-0.05, 0) is 36.5 Å². The normalized spacial score (nSPS) is 12.6. The van der Waals surface area contributed by atoms with Crippen LogP contribution in [0.25, 0.3) is 0 Å². The summed E-state index contributed by atoms with van der Waals surface area (Å²) in [5.41, 5.74) is 4.22. The lowest BCUT2D eigenvalue weighted by Gasteiger charge is -2.12. The van der Waals surface area contributed by atoms with Crippen molar-refractivity contribution in [3.8, 4) is 0 Å². The maximum absolute atomic E-state index is 6.02. The molecule has 0 N–H and O–H groups in total. The molecule has 2 aromatic rings. The molecule has 17 heavy (non-hydrogen) atoms. The molecule has 0 bridgehead atoms. The average molecular weight is 286 g/mol. The van der Waals surface area contributed by atoms with Crippen LogP contribution in [0.15, 0.2) is 35.2 Å². The Hall–Kier alpha value is -0.570. The lowest BCUT2D eigenvalue weighted by Crippen LogP contribution is -2.10. The molecule has 1 heterocycles. The van der Waals surface area contributed by atoms with Gasteiger partial charge in [0.05, 0.1) is 11.2 Å². The summed E-state index contributed by atoms with van der Waals surface area (Å²) in [5.74, 6) is 1.06. The van der Waals surface area contributed by atoms with Gasteiger partial charge in [-0.3, -0.25) is 0 Å². The zero-order valence-electron chi connectivity index (χ0n) is 9.27. The van der Waals surface area contributed by atoms with Crippen LogP contribution >= 0.6 is 34.5 Å². The van der Waals surface area contributed by atoms with Gasteiger partial charge in [0, 0.05) is 16.3 Å². The minimum Gasteiger partial charge on any atom is -0.250 e. The van der Waals surface area contributed by atoms with E-state index in [0.717, 1.165) is 23.6 Å². The van der Waals surface area contributed by atoms with E-state index in [4.69, 9.17) is 23.2 Å². The Morgan fingerprint density at radius 1 is 1.29 bits per heavy atom. The Balaban J connectivity index is 2.00. The number of hydrogen-bond donors (Lipinski definition) is 0.